The van der Waals surface area contributed by atoms with Gasteiger partial charge in [0.1, 0.15) is 11.6 Å². The first-order valence-electron chi connectivity index (χ1n) is 4.58. The van der Waals surface area contributed by atoms with Gasteiger partial charge in [0.05, 0.1) is 0 Å². The molecule has 2 N–H and O–H groups in total. The largest absolute Gasteiger partial charge is 0.398 e. The van der Waals surface area contributed by atoms with Gasteiger partial charge in [0.2, 0.25) is 0 Å². The summed E-state index contributed by atoms with van der Waals surface area (Å²) in [4.78, 5) is 0. The number of anilines is 1. The SMILES string of the molecule is Nc1cc(F)ccc1-c1cc(F)ccc1Cl. The molecular formula is C12H8ClF2N. The molecule has 0 spiro atoms. The molecule has 0 saturated carbocycles. The van der Waals surface area contributed by atoms with Crippen molar-refractivity contribution >= 4 is 17.3 Å². The first-order chi connectivity index (χ1) is 7.58. The third kappa shape index (κ3) is 1.99. The van der Waals surface area contributed by atoms with Gasteiger partial charge in [-0.2, -0.15) is 0 Å². The fourth-order valence-corrected chi connectivity index (χ4v) is 1.70. The topological polar surface area (TPSA) is 26.0 Å². The average Bonchev–Trinajstić information content (AvgIpc) is 2.22. The van der Waals surface area contributed by atoms with E-state index in [0.29, 0.717) is 16.1 Å². The van der Waals surface area contributed by atoms with E-state index in [1.807, 2.05) is 0 Å². The predicted octanol–water partition coefficient (Wildman–Crippen LogP) is 3.87. The van der Waals surface area contributed by atoms with Crippen LogP contribution in [0.4, 0.5) is 14.5 Å². The predicted molar refractivity (Wildman–Crippen MR) is 61.2 cm³/mol. The van der Waals surface area contributed by atoms with Crippen molar-refractivity contribution in [2.45, 2.75) is 0 Å². The lowest BCUT2D eigenvalue weighted by Gasteiger charge is -2.08. The van der Waals surface area contributed by atoms with Crippen LogP contribution in [0.1, 0.15) is 0 Å². The smallest absolute Gasteiger partial charge is 0.125 e. The van der Waals surface area contributed by atoms with Crippen molar-refractivity contribution in [3.05, 3.63) is 53.1 Å². The highest BCUT2D eigenvalue weighted by Gasteiger charge is 2.08. The second kappa shape index (κ2) is 4.10. The summed E-state index contributed by atoms with van der Waals surface area (Å²) in [6.45, 7) is 0. The third-order valence-corrected chi connectivity index (χ3v) is 2.56. The standard InChI is InChI=1S/C12H8ClF2N/c13-11-4-2-7(14)5-10(11)9-3-1-8(15)6-12(9)16/h1-6H,16H2. The highest BCUT2D eigenvalue weighted by molar-refractivity contribution is 6.33. The van der Waals surface area contributed by atoms with Crippen LogP contribution in [0.3, 0.4) is 0 Å². The molecule has 0 atom stereocenters. The molecule has 0 aliphatic carbocycles. The van der Waals surface area contributed by atoms with E-state index in [-0.39, 0.29) is 5.69 Å². The van der Waals surface area contributed by atoms with Gasteiger partial charge < -0.3 is 5.73 Å². The fourth-order valence-electron chi connectivity index (χ4n) is 1.48. The van der Waals surface area contributed by atoms with E-state index in [4.69, 9.17) is 17.3 Å². The number of rotatable bonds is 1. The monoisotopic (exact) mass is 239 g/mol. The van der Waals surface area contributed by atoms with Gasteiger partial charge in [-0.1, -0.05) is 11.6 Å². The Labute approximate surface area is 96.5 Å². The van der Waals surface area contributed by atoms with E-state index in [1.54, 1.807) is 0 Å². The van der Waals surface area contributed by atoms with Crippen LogP contribution in [0.15, 0.2) is 36.4 Å². The summed E-state index contributed by atoms with van der Waals surface area (Å²) in [5, 5.41) is 0.375. The summed E-state index contributed by atoms with van der Waals surface area (Å²) in [5.74, 6) is -0.850. The molecule has 16 heavy (non-hydrogen) atoms. The average molecular weight is 240 g/mol. The second-order valence-electron chi connectivity index (χ2n) is 3.36. The van der Waals surface area contributed by atoms with E-state index in [1.165, 1.54) is 36.4 Å². The van der Waals surface area contributed by atoms with Gasteiger partial charge in [0.15, 0.2) is 0 Å². The molecule has 0 aromatic heterocycles. The fraction of sp³-hybridized carbons (Fsp3) is 0. The van der Waals surface area contributed by atoms with E-state index in [9.17, 15) is 8.78 Å². The summed E-state index contributed by atoms with van der Waals surface area (Å²) >= 11 is 5.93. The summed E-state index contributed by atoms with van der Waals surface area (Å²) in [5.41, 5.74) is 6.86. The van der Waals surface area contributed by atoms with Crippen LogP contribution < -0.4 is 5.73 Å². The Morgan fingerprint density at radius 3 is 2.19 bits per heavy atom. The molecule has 2 rings (SSSR count). The number of hydrogen-bond donors (Lipinski definition) is 1. The quantitative estimate of drug-likeness (QED) is 0.751. The maximum atomic E-state index is 13.1. The van der Waals surface area contributed by atoms with Crippen LogP contribution in [0.5, 0.6) is 0 Å². The van der Waals surface area contributed by atoms with Gasteiger partial charge in [-0.25, -0.2) is 8.78 Å². The second-order valence-corrected chi connectivity index (χ2v) is 3.76. The van der Waals surface area contributed by atoms with Crippen LogP contribution >= 0.6 is 11.6 Å². The number of nitrogen functional groups attached to an aromatic ring is 1. The first kappa shape index (κ1) is 10.9. The Kier molecular flexibility index (Phi) is 2.79. The zero-order valence-corrected chi connectivity index (χ0v) is 8.93. The summed E-state index contributed by atoms with van der Waals surface area (Å²) in [6, 6.07) is 7.88. The van der Waals surface area contributed by atoms with Crippen molar-refractivity contribution in [1.82, 2.24) is 0 Å². The minimum Gasteiger partial charge on any atom is -0.398 e. The molecule has 0 aliphatic rings. The lowest BCUT2D eigenvalue weighted by atomic mass is 10.0. The molecule has 82 valence electrons. The molecule has 0 saturated heterocycles. The van der Waals surface area contributed by atoms with Crippen LogP contribution in [0, 0.1) is 11.6 Å². The van der Waals surface area contributed by atoms with Crippen LogP contribution in [0.25, 0.3) is 11.1 Å². The summed E-state index contributed by atoms with van der Waals surface area (Å²) in [7, 11) is 0. The number of halogens is 3. The number of nitrogens with two attached hydrogens (primary N) is 1. The van der Waals surface area contributed by atoms with Crippen molar-refractivity contribution in [3.63, 3.8) is 0 Å². The molecule has 0 unspecified atom stereocenters. The van der Waals surface area contributed by atoms with E-state index in [0.717, 1.165) is 0 Å². The molecule has 0 amide bonds. The Morgan fingerprint density at radius 1 is 0.875 bits per heavy atom. The summed E-state index contributed by atoms with van der Waals surface area (Å²) in [6.07, 6.45) is 0. The van der Waals surface area contributed by atoms with Crippen LogP contribution in [-0.2, 0) is 0 Å². The highest BCUT2D eigenvalue weighted by Crippen LogP contribution is 2.32. The molecular weight excluding hydrogens is 232 g/mol. The maximum Gasteiger partial charge on any atom is 0.125 e. The van der Waals surface area contributed by atoms with Crippen molar-refractivity contribution in [2.75, 3.05) is 5.73 Å². The lowest BCUT2D eigenvalue weighted by Crippen LogP contribution is -1.92. The Bertz CT molecular complexity index is 541. The molecule has 4 heteroatoms. The highest BCUT2D eigenvalue weighted by atomic mass is 35.5. The van der Waals surface area contributed by atoms with Crippen LogP contribution in [0.2, 0.25) is 5.02 Å². The molecule has 0 heterocycles. The third-order valence-electron chi connectivity index (χ3n) is 2.23. The minimum atomic E-state index is -0.436. The molecule has 0 fully saturated rings. The molecule has 2 aromatic carbocycles. The lowest BCUT2D eigenvalue weighted by molar-refractivity contribution is 0.628. The Morgan fingerprint density at radius 2 is 1.50 bits per heavy atom. The van der Waals surface area contributed by atoms with Gasteiger partial charge in [0, 0.05) is 21.8 Å². The van der Waals surface area contributed by atoms with Crippen LogP contribution in [-0.4, -0.2) is 0 Å². The van der Waals surface area contributed by atoms with E-state index >= 15 is 0 Å². The van der Waals surface area contributed by atoms with Crippen molar-refractivity contribution in [1.29, 1.82) is 0 Å². The van der Waals surface area contributed by atoms with Gasteiger partial charge in [0.25, 0.3) is 0 Å². The van der Waals surface area contributed by atoms with Gasteiger partial charge in [-0.05, 0) is 36.4 Å². The molecule has 0 aliphatic heterocycles. The Hall–Kier alpha value is -1.61. The maximum absolute atomic E-state index is 13.1. The van der Waals surface area contributed by atoms with Gasteiger partial charge in [-0.15, -0.1) is 0 Å². The normalized spacial score (nSPS) is 10.4. The van der Waals surface area contributed by atoms with Crippen molar-refractivity contribution in [3.8, 4) is 11.1 Å². The van der Waals surface area contributed by atoms with E-state index < -0.39 is 11.6 Å². The van der Waals surface area contributed by atoms with Gasteiger partial charge >= 0.3 is 0 Å². The minimum absolute atomic E-state index is 0.229. The molecule has 2 aromatic rings. The van der Waals surface area contributed by atoms with Gasteiger partial charge in [-0.3, -0.25) is 0 Å². The van der Waals surface area contributed by atoms with Crippen molar-refractivity contribution < 1.29 is 8.78 Å². The van der Waals surface area contributed by atoms with Crippen molar-refractivity contribution in [2.24, 2.45) is 0 Å². The first-order valence-corrected chi connectivity index (χ1v) is 4.96. The molecule has 0 radical (unpaired) electrons. The molecule has 1 nitrogen and oxygen atoms in total. The molecule has 0 bridgehead atoms. The number of hydrogen-bond acceptors (Lipinski definition) is 1. The van der Waals surface area contributed by atoms with E-state index in [2.05, 4.69) is 0 Å². The zero-order valence-electron chi connectivity index (χ0n) is 8.18. The number of benzene rings is 2. The summed E-state index contributed by atoms with van der Waals surface area (Å²) < 4.78 is 25.9. The zero-order chi connectivity index (χ0) is 11.7. The Balaban J connectivity index is 2.62.